The molecule has 0 aliphatic heterocycles. The van der Waals surface area contributed by atoms with Gasteiger partial charge in [-0.25, -0.2) is 9.18 Å². The summed E-state index contributed by atoms with van der Waals surface area (Å²) >= 11 is 0. The molecule has 0 bridgehead atoms. The molecule has 0 aliphatic rings. The fourth-order valence-corrected chi connectivity index (χ4v) is 4.23. The topological polar surface area (TPSA) is 82.2 Å². The lowest BCUT2D eigenvalue weighted by molar-refractivity contribution is 0.346. The Bertz CT molecular complexity index is 1320. The lowest BCUT2D eigenvalue weighted by Crippen LogP contribution is -2.14. The number of halogens is 1. The molecule has 0 saturated carbocycles. The van der Waals surface area contributed by atoms with E-state index in [1.54, 1.807) is 24.3 Å². The minimum atomic E-state index is -4.20. The number of hydrogen-bond donors (Lipinski definition) is 0. The number of rotatable bonds is 4. The highest BCUT2D eigenvalue weighted by atomic mass is 32.2. The van der Waals surface area contributed by atoms with Crippen LogP contribution in [-0.4, -0.2) is 17.5 Å². The zero-order valence-corrected chi connectivity index (χ0v) is 16.1. The Morgan fingerprint density at radius 3 is 2.14 bits per heavy atom. The van der Waals surface area contributed by atoms with Crippen LogP contribution in [0.25, 0.3) is 22.4 Å². The zero-order valence-electron chi connectivity index (χ0n) is 15.2. The Morgan fingerprint density at radius 1 is 0.897 bits per heavy atom. The Hall–Kier alpha value is -3.52. The van der Waals surface area contributed by atoms with Crippen LogP contribution in [0.4, 0.5) is 4.39 Å². The summed E-state index contributed by atoms with van der Waals surface area (Å²) in [4.78, 5) is 16.6. The first-order valence-corrected chi connectivity index (χ1v) is 10.1. The van der Waals surface area contributed by atoms with Crippen molar-refractivity contribution >= 4 is 10.0 Å². The van der Waals surface area contributed by atoms with Crippen molar-refractivity contribution in [2.24, 2.45) is 0 Å². The van der Waals surface area contributed by atoms with E-state index in [9.17, 15) is 17.6 Å². The lowest BCUT2D eigenvalue weighted by atomic mass is 10.0. The quantitative estimate of drug-likeness (QED) is 0.510. The fraction of sp³-hybridized carbons (Fsp3) is 0.0476. The smallest absolute Gasteiger partial charge is 0.320 e. The second-order valence-corrected chi connectivity index (χ2v) is 8.14. The van der Waals surface area contributed by atoms with E-state index >= 15 is 0 Å². The third kappa shape index (κ3) is 3.38. The molecule has 0 unspecified atom stereocenters. The molecule has 0 N–H and O–H groups in total. The van der Waals surface area contributed by atoms with Crippen molar-refractivity contribution in [3.05, 3.63) is 94.9 Å². The number of pyridine rings is 1. The van der Waals surface area contributed by atoms with Gasteiger partial charge in [-0.15, -0.1) is 0 Å². The molecule has 0 spiro atoms. The molecule has 4 rings (SSSR count). The molecule has 29 heavy (non-hydrogen) atoms. The Balaban J connectivity index is 2.03. The van der Waals surface area contributed by atoms with Crippen LogP contribution in [0.15, 0.2) is 87.3 Å². The minimum Gasteiger partial charge on any atom is -0.320 e. The van der Waals surface area contributed by atoms with E-state index in [0.717, 1.165) is 5.56 Å². The molecule has 2 aromatic carbocycles. The van der Waals surface area contributed by atoms with Crippen molar-refractivity contribution in [2.45, 2.75) is 11.8 Å². The lowest BCUT2D eigenvalue weighted by Gasteiger charge is -2.10. The zero-order chi connectivity index (χ0) is 20.6. The van der Waals surface area contributed by atoms with Gasteiger partial charge in [-0.3, -0.25) is 4.98 Å². The molecule has 0 radical (unpaired) electrons. The standard InChI is InChI=1S/C21H15FN2O4S/c1-14-2-8-18(9-3-14)29(26,27)24-20(16-10-12-23-13-11-16)19(21(25)28-24)15-4-6-17(22)7-5-15/h2-13H,1H3. The van der Waals surface area contributed by atoms with E-state index in [4.69, 9.17) is 4.52 Å². The molecule has 0 atom stereocenters. The predicted molar refractivity (Wildman–Crippen MR) is 105 cm³/mol. The van der Waals surface area contributed by atoms with E-state index in [2.05, 4.69) is 4.98 Å². The van der Waals surface area contributed by atoms with Gasteiger partial charge in [0.05, 0.1) is 10.5 Å². The van der Waals surface area contributed by atoms with Crippen molar-refractivity contribution in [3.63, 3.8) is 0 Å². The maximum atomic E-state index is 13.4. The molecule has 146 valence electrons. The molecule has 8 heteroatoms. The summed E-state index contributed by atoms with van der Waals surface area (Å²) in [5.74, 6) is -0.477. The van der Waals surface area contributed by atoms with Gasteiger partial charge in [0.25, 0.3) is 10.0 Å². The van der Waals surface area contributed by atoms with Crippen LogP contribution >= 0.6 is 0 Å². The van der Waals surface area contributed by atoms with Crippen molar-refractivity contribution in [1.29, 1.82) is 0 Å². The highest BCUT2D eigenvalue weighted by molar-refractivity contribution is 7.89. The molecular weight excluding hydrogens is 395 g/mol. The van der Waals surface area contributed by atoms with Gasteiger partial charge in [0.15, 0.2) is 0 Å². The summed E-state index contributed by atoms with van der Waals surface area (Å²) < 4.78 is 45.7. The largest absolute Gasteiger partial charge is 0.367 e. The SMILES string of the molecule is Cc1ccc(S(=O)(=O)n2oc(=O)c(-c3ccc(F)cc3)c2-c2ccncc2)cc1. The average Bonchev–Trinajstić information content (AvgIpc) is 3.07. The Morgan fingerprint density at radius 2 is 1.52 bits per heavy atom. The molecule has 0 fully saturated rings. The average molecular weight is 410 g/mol. The molecule has 0 amide bonds. The van der Waals surface area contributed by atoms with Gasteiger partial charge in [-0.05, 0) is 48.9 Å². The van der Waals surface area contributed by atoms with Crippen molar-refractivity contribution < 1.29 is 17.3 Å². The van der Waals surface area contributed by atoms with Gasteiger partial charge in [-0.2, -0.15) is 8.42 Å². The van der Waals surface area contributed by atoms with E-state index in [1.807, 2.05) is 6.92 Å². The van der Waals surface area contributed by atoms with Gasteiger partial charge < -0.3 is 4.52 Å². The van der Waals surface area contributed by atoms with Crippen LogP contribution in [-0.2, 0) is 10.0 Å². The van der Waals surface area contributed by atoms with E-state index in [-0.39, 0.29) is 16.2 Å². The van der Waals surface area contributed by atoms with E-state index in [0.29, 0.717) is 15.3 Å². The molecule has 4 aromatic rings. The van der Waals surface area contributed by atoms with E-state index in [1.165, 1.54) is 48.8 Å². The number of aryl methyl sites for hydroxylation is 1. The summed E-state index contributed by atoms with van der Waals surface area (Å²) in [6, 6.07) is 14.5. The van der Waals surface area contributed by atoms with Crippen molar-refractivity contribution in [2.75, 3.05) is 0 Å². The number of hydrogen-bond acceptors (Lipinski definition) is 5. The highest BCUT2D eigenvalue weighted by Gasteiger charge is 2.29. The van der Waals surface area contributed by atoms with Crippen molar-refractivity contribution in [1.82, 2.24) is 9.13 Å². The number of nitrogens with zero attached hydrogens (tertiary/aromatic N) is 2. The summed E-state index contributed by atoms with van der Waals surface area (Å²) in [5, 5.41) is 0. The third-order valence-corrected chi connectivity index (χ3v) is 5.97. The number of aromatic nitrogens is 2. The van der Waals surface area contributed by atoms with Gasteiger partial charge in [-0.1, -0.05) is 34.0 Å². The first kappa shape index (κ1) is 18.8. The summed E-state index contributed by atoms with van der Waals surface area (Å²) in [6.45, 7) is 1.83. The van der Waals surface area contributed by atoms with Crippen LogP contribution in [0.3, 0.4) is 0 Å². The molecule has 0 aliphatic carbocycles. The first-order chi connectivity index (χ1) is 13.9. The predicted octanol–water partition coefficient (Wildman–Crippen LogP) is 3.85. The summed E-state index contributed by atoms with van der Waals surface area (Å²) in [7, 11) is -4.20. The molecule has 6 nitrogen and oxygen atoms in total. The molecular formula is C21H15FN2O4S. The second kappa shape index (κ2) is 7.14. The monoisotopic (exact) mass is 410 g/mol. The fourth-order valence-electron chi connectivity index (χ4n) is 2.96. The van der Waals surface area contributed by atoms with Gasteiger partial charge in [0.2, 0.25) is 0 Å². The third-order valence-electron chi connectivity index (χ3n) is 4.41. The van der Waals surface area contributed by atoms with Crippen molar-refractivity contribution in [3.8, 4) is 22.4 Å². The Labute approximate surface area is 165 Å². The molecule has 0 saturated heterocycles. The van der Waals surface area contributed by atoms with Crippen LogP contribution in [0.5, 0.6) is 0 Å². The highest BCUT2D eigenvalue weighted by Crippen LogP contribution is 2.32. The van der Waals surface area contributed by atoms with Gasteiger partial charge in [0.1, 0.15) is 11.5 Å². The maximum Gasteiger partial charge on any atom is 0.367 e. The normalized spacial score (nSPS) is 11.5. The van der Waals surface area contributed by atoms with Gasteiger partial charge in [0, 0.05) is 18.0 Å². The van der Waals surface area contributed by atoms with Crippen LogP contribution in [0.1, 0.15) is 5.56 Å². The first-order valence-electron chi connectivity index (χ1n) is 8.63. The van der Waals surface area contributed by atoms with Crippen LogP contribution < -0.4 is 5.63 Å². The number of benzene rings is 2. The van der Waals surface area contributed by atoms with Crippen LogP contribution in [0, 0.1) is 12.7 Å². The molecule has 2 aromatic heterocycles. The van der Waals surface area contributed by atoms with E-state index < -0.39 is 21.5 Å². The second-order valence-electron chi connectivity index (χ2n) is 6.39. The maximum absolute atomic E-state index is 13.4. The summed E-state index contributed by atoms with van der Waals surface area (Å²) in [6.07, 6.45) is 2.95. The summed E-state index contributed by atoms with van der Waals surface area (Å²) in [5.41, 5.74) is 0.862. The van der Waals surface area contributed by atoms with Crippen LogP contribution in [0.2, 0.25) is 0 Å². The van der Waals surface area contributed by atoms with Gasteiger partial charge >= 0.3 is 5.63 Å². The molecule has 2 heterocycles. The minimum absolute atomic E-state index is 0.0203. The Kier molecular flexibility index (Phi) is 4.63.